The van der Waals surface area contributed by atoms with Gasteiger partial charge in [0.1, 0.15) is 5.82 Å². The monoisotopic (exact) mass is 259 g/mol. The van der Waals surface area contributed by atoms with Gasteiger partial charge in [0, 0.05) is 4.47 Å². The molecule has 0 unspecified atom stereocenters. The van der Waals surface area contributed by atoms with Crippen LogP contribution in [0.4, 0.5) is 4.39 Å². The van der Waals surface area contributed by atoms with Crippen LogP contribution in [0.25, 0.3) is 0 Å². The molecule has 0 radical (unpaired) electrons. The molecule has 1 nitrogen and oxygen atoms in total. The molecule has 1 aromatic rings. The van der Waals surface area contributed by atoms with E-state index in [2.05, 4.69) is 21.2 Å². The van der Waals surface area contributed by atoms with Gasteiger partial charge in [0.15, 0.2) is 0 Å². The van der Waals surface area contributed by atoms with Gasteiger partial charge in [0.05, 0.1) is 0 Å². The minimum Gasteiger partial charge on any atom is -0.319 e. The fourth-order valence-corrected chi connectivity index (χ4v) is 1.87. The molecule has 0 saturated heterocycles. The molecule has 0 saturated carbocycles. The standard InChI is InChI=1S/C11H15BrFN/c1-7-9(4-5-14-3)6-10(12)8(2)11(7)13/h6,14H,4-5H2,1-3H3. The van der Waals surface area contributed by atoms with Gasteiger partial charge >= 0.3 is 0 Å². The molecule has 0 heterocycles. The Morgan fingerprint density at radius 3 is 2.57 bits per heavy atom. The molecule has 1 aromatic carbocycles. The van der Waals surface area contributed by atoms with Crippen LogP contribution in [0.1, 0.15) is 16.7 Å². The number of rotatable bonds is 3. The molecule has 0 aliphatic heterocycles. The lowest BCUT2D eigenvalue weighted by molar-refractivity contribution is 0.603. The van der Waals surface area contributed by atoms with Gasteiger partial charge in [-0.3, -0.25) is 0 Å². The van der Waals surface area contributed by atoms with E-state index in [1.807, 2.05) is 20.0 Å². The zero-order chi connectivity index (χ0) is 10.7. The van der Waals surface area contributed by atoms with E-state index in [9.17, 15) is 4.39 Å². The summed E-state index contributed by atoms with van der Waals surface area (Å²) in [5.41, 5.74) is 2.52. The van der Waals surface area contributed by atoms with Gasteiger partial charge in [0.25, 0.3) is 0 Å². The van der Waals surface area contributed by atoms with Crippen LogP contribution in [-0.2, 0) is 6.42 Å². The predicted molar refractivity (Wildman–Crippen MR) is 61.2 cm³/mol. The predicted octanol–water partition coefficient (Wildman–Crippen LogP) is 2.97. The largest absolute Gasteiger partial charge is 0.319 e. The van der Waals surface area contributed by atoms with E-state index in [1.165, 1.54) is 0 Å². The number of likely N-dealkylation sites (N-methyl/N-ethyl adjacent to an activating group) is 1. The van der Waals surface area contributed by atoms with Gasteiger partial charge in [-0.2, -0.15) is 0 Å². The summed E-state index contributed by atoms with van der Waals surface area (Å²) < 4.78 is 14.5. The highest BCUT2D eigenvalue weighted by Gasteiger charge is 2.10. The third-order valence-corrected chi connectivity index (χ3v) is 3.27. The normalized spacial score (nSPS) is 10.6. The lowest BCUT2D eigenvalue weighted by Gasteiger charge is -2.10. The van der Waals surface area contributed by atoms with Crippen molar-refractivity contribution >= 4 is 15.9 Å². The molecular formula is C11H15BrFN. The molecule has 0 bridgehead atoms. The molecule has 14 heavy (non-hydrogen) atoms. The quantitative estimate of drug-likeness (QED) is 0.881. The van der Waals surface area contributed by atoms with Crippen LogP contribution in [-0.4, -0.2) is 13.6 Å². The van der Waals surface area contributed by atoms with Crippen molar-refractivity contribution in [3.05, 3.63) is 33.0 Å². The molecule has 0 fully saturated rings. The number of halogens is 2. The fourth-order valence-electron chi connectivity index (χ4n) is 1.42. The number of benzene rings is 1. The van der Waals surface area contributed by atoms with Gasteiger partial charge in [0.2, 0.25) is 0 Å². The first kappa shape index (κ1) is 11.7. The van der Waals surface area contributed by atoms with Gasteiger partial charge in [-0.05, 0) is 56.6 Å². The molecule has 0 spiro atoms. The highest BCUT2D eigenvalue weighted by molar-refractivity contribution is 9.10. The summed E-state index contributed by atoms with van der Waals surface area (Å²) in [5, 5.41) is 3.06. The van der Waals surface area contributed by atoms with Crippen LogP contribution in [0.2, 0.25) is 0 Å². The summed E-state index contributed by atoms with van der Waals surface area (Å²) in [6.45, 7) is 4.49. The van der Waals surface area contributed by atoms with E-state index in [1.54, 1.807) is 6.92 Å². The lowest BCUT2D eigenvalue weighted by atomic mass is 10.0. The van der Waals surface area contributed by atoms with E-state index in [4.69, 9.17) is 0 Å². The highest BCUT2D eigenvalue weighted by atomic mass is 79.9. The summed E-state index contributed by atoms with van der Waals surface area (Å²) in [7, 11) is 1.90. The van der Waals surface area contributed by atoms with Gasteiger partial charge in [-0.25, -0.2) is 4.39 Å². The molecule has 0 aliphatic rings. The molecule has 1 N–H and O–H groups in total. The van der Waals surface area contributed by atoms with E-state index in [0.717, 1.165) is 28.6 Å². The number of nitrogens with one attached hydrogen (secondary N) is 1. The molecule has 0 aliphatic carbocycles. The Morgan fingerprint density at radius 2 is 2.00 bits per heavy atom. The maximum atomic E-state index is 13.6. The van der Waals surface area contributed by atoms with E-state index in [-0.39, 0.29) is 5.82 Å². The second-order valence-corrected chi connectivity index (χ2v) is 4.29. The molecule has 3 heteroatoms. The van der Waals surface area contributed by atoms with Gasteiger partial charge in [-0.1, -0.05) is 15.9 Å². The molecule has 0 atom stereocenters. The molecular weight excluding hydrogens is 245 g/mol. The Labute approximate surface area is 92.8 Å². The molecule has 78 valence electrons. The minimum atomic E-state index is -0.0921. The van der Waals surface area contributed by atoms with Crippen LogP contribution in [0.5, 0.6) is 0 Å². The first-order chi connectivity index (χ1) is 6.57. The maximum absolute atomic E-state index is 13.6. The minimum absolute atomic E-state index is 0.0921. The average molecular weight is 260 g/mol. The van der Waals surface area contributed by atoms with Crippen molar-refractivity contribution in [2.45, 2.75) is 20.3 Å². The highest BCUT2D eigenvalue weighted by Crippen LogP contribution is 2.25. The summed E-state index contributed by atoms with van der Waals surface area (Å²) in [6.07, 6.45) is 0.859. The summed E-state index contributed by atoms with van der Waals surface area (Å²) in [6, 6.07) is 2.01. The second-order valence-electron chi connectivity index (χ2n) is 3.44. The van der Waals surface area contributed by atoms with Crippen molar-refractivity contribution in [1.82, 2.24) is 5.32 Å². The van der Waals surface area contributed by atoms with Crippen molar-refractivity contribution in [2.75, 3.05) is 13.6 Å². The van der Waals surface area contributed by atoms with Gasteiger partial charge < -0.3 is 5.32 Å². The van der Waals surface area contributed by atoms with Crippen LogP contribution < -0.4 is 5.32 Å². The Balaban J connectivity index is 3.06. The van der Waals surface area contributed by atoms with Crippen molar-refractivity contribution in [3.63, 3.8) is 0 Å². The summed E-state index contributed by atoms with van der Waals surface area (Å²) in [5.74, 6) is -0.0921. The molecule has 0 amide bonds. The van der Waals surface area contributed by atoms with Crippen LogP contribution in [0.3, 0.4) is 0 Å². The molecule has 1 rings (SSSR count). The van der Waals surface area contributed by atoms with Crippen LogP contribution >= 0.6 is 15.9 Å². The molecule has 0 aromatic heterocycles. The second kappa shape index (κ2) is 4.89. The topological polar surface area (TPSA) is 12.0 Å². The van der Waals surface area contributed by atoms with Crippen LogP contribution in [0, 0.1) is 19.7 Å². The maximum Gasteiger partial charge on any atom is 0.130 e. The average Bonchev–Trinajstić information content (AvgIpc) is 2.18. The van der Waals surface area contributed by atoms with Crippen molar-refractivity contribution in [3.8, 4) is 0 Å². The van der Waals surface area contributed by atoms with Crippen molar-refractivity contribution < 1.29 is 4.39 Å². The number of hydrogen-bond acceptors (Lipinski definition) is 1. The van der Waals surface area contributed by atoms with Gasteiger partial charge in [-0.15, -0.1) is 0 Å². The Morgan fingerprint density at radius 1 is 1.36 bits per heavy atom. The zero-order valence-corrected chi connectivity index (χ0v) is 10.3. The first-order valence-electron chi connectivity index (χ1n) is 4.66. The van der Waals surface area contributed by atoms with Crippen molar-refractivity contribution in [2.24, 2.45) is 0 Å². The van der Waals surface area contributed by atoms with E-state index < -0.39 is 0 Å². The Hall–Kier alpha value is -0.410. The van der Waals surface area contributed by atoms with Crippen molar-refractivity contribution in [1.29, 1.82) is 0 Å². The summed E-state index contributed by atoms with van der Waals surface area (Å²) in [4.78, 5) is 0. The Bertz CT molecular complexity index is 337. The lowest BCUT2D eigenvalue weighted by Crippen LogP contribution is -2.11. The fraction of sp³-hybridized carbons (Fsp3) is 0.455. The first-order valence-corrected chi connectivity index (χ1v) is 5.46. The third-order valence-electron chi connectivity index (χ3n) is 2.44. The third kappa shape index (κ3) is 2.34. The van der Waals surface area contributed by atoms with E-state index in [0.29, 0.717) is 5.56 Å². The van der Waals surface area contributed by atoms with E-state index >= 15 is 0 Å². The Kier molecular flexibility index (Phi) is 4.08. The SMILES string of the molecule is CNCCc1cc(Br)c(C)c(F)c1C. The van der Waals surface area contributed by atoms with Crippen LogP contribution in [0.15, 0.2) is 10.5 Å². The number of hydrogen-bond donors (Lipinski definition) is 1. The summed E-state index contributed by atoms with van der Waals surface area (Å²) >= 11 is 3.36. The smallest absolute Gasteiger partial charge is 0.130 e. The zero-order valence-electron chi connectivity index (χ0n) is 8.75.